The fraction of sp³-hybridized carbons (Fsp3) is 0.409. The molecule has 1 aliphatic heterocycles. The first-order valence-electron chi connectivity index (χ1n) is 9.73. The monoisotopic (exact) mass is 393 g/mol. The molecule has 0 amide bonds. The van der Waals surface area contributed by atoms with E-state index in [0.29, 0.717) is 41.7 Å². The van der Waals surface area contributed by atoms with Crippen LogP contribution in [-0.2, 0) is 4.74 Å². The van der Waals surface area contributed by atoms with Gasteiger partial charge in [0.2, 0.25) is 0 Å². The molecule has 29 heavy (non-hydrogen) atoms. The van der Waals surface area contributed by atoms with Gasteiger partial charge in [0.05, 0.1) is 13.2 Å². The Morgan fingerprint density at radius 1 is 1.17 bits per heavy atom. The van der Waals surface area contributed by atoms with Gasteiger partial charge in [0.1, 0.15) is 35.0 Å². The first-order valence-corrected chi connectivity index (χ1v) is 9.73. The van der Waals surface area contributed by atoms with Crippen LogP contribution in [0, 0.1) is 23.2 Å². The molecule has 2 aromatic rings. The first-order chi connectivity index (χ1) is 14.1. The third kappa shape index (κ3) is 3.89. The van der Waals surface area contributed by atoms with E-state index in [-0.39, 0.29) is 6.10 Å². The summed E-state index contributed by atoms with van der Waals surface area (Å²) in [5, 5.41) is 19.8. The van der Waals surface area contributed by atoms with Gasteiger partial charge in [-0.25, -0.2) is 9.78 Å². The molecule has 1 aliphatic carbocycles. The topological polar surface area (TPSA) is 95.7 Å². The van der Waals surface area contributed by atoms with Crippen LogP contribution in [-0.4, -0.2) is 48.5 Å². The SMILES string of the molecule is COC(=O)c1ccccc1O[C@@H]1C[C@@H]2CN(c3cccc(C#N)n3)C[C@@H]2C[C@H]1O. The van der Waals surface area contributed by atoms with Crippen molar-refractivity contribution in [2.75, 3.05) is 25.1 Å². The van der Waals surface area contributed by atoms with Crippen molar-refractivity contribution < 1.29 is 19.4 Å². The second-order valence-electron chi connectivity index (χ2n) is 7.60. The number of hydrogen-bond acceptors (Lipinski definition) is 7. The van der Waals surface area contributed by atoms with Gasteiger partial charge in [-0.1, -0.05) is 18.2 Å². The van der Waals surface area contributed by atoms with Gasteiger partial charge in [-0.3, -0.25) is 0 Å². The number of fused-ring (bicyclic) bond motifs is 1. The lowest BCUT2D eigenvalue weighted by molar-refractivity contribution is -0.0237. The molecular weight excluding hydrogens is 370 g/mol. The minimum Gasteiger partial charge on any atom is -0.487 e. The number of aliphatic hydroxyl groups is 1. The number of carbonyl (C=O) groups is 1. The molecule has 1 saturated carbocycles. The van der Waals surface area contributed by atoms with Crippen molar-refractivity contribution >= 4 is 11.8 Å². The second kappa shape index (κ2) is 8.10. The van der Waals surface area contributed by atoms with Gasteiger partial charge in [0.25, 0.3) is 0 Å². The van der Waals surface area contributed by atoms with Crippen LogP contribution in [0.4, 0.5) is 5.82 Å². The van der Waals surface area contributed by atoms with Gasteiger partial charge < -0.3 is 19.5 Å². The van der Waals surface area contributed by atoms with Crippen molar-refractivity contribution in [2.24, 2.45) is 11.8 Å². The van der Waals surface area contributed by atoms with Crippen LogP contribution in [0.1, 0.15) is 28.9 Å². The minimum absolute atomic E-state index is 0.341. The van der Waals surface area contributed by atoms with Gasteiger partial charge in [0, 0.05) is 13.1 Å². The Kier molecular flexibility index (Phi) is 5.36. The second-order valence-corrected chi connectivity index (χ2v) is 7.60. The Hall–Kier alpha value is -3.11. The van der Waals surface area contributed by atoms with E-state index in [1.165, 1.54) is 7.11 Å². The van der Waals surface area contributed by atoms with Crippen molar-refractivity contribution in [3.63, 3.8) is 0 Å². The Balaban J connectivity index is 1.48. The Morgan fingerprint density at radius 3 is 2.69 bits per heavy atom. The molecule has 1 aromatic heterocycles. The highest BCUT2D eigenvalue weighted by molar-refractivity contribution is 5.92. The van der Waals surface area contributed by atoms with E-state index in [0.717, 1.165) is 18.9 Å². The summed E-state index contributed by atoms with van der Waals surface area (Å²) in [4.78, 5) is 18.6. The molecule has 4 atom stereocenters. The molecule has 0 spiro atoms. The van der Waals surface area contributed by atoms with Gasteiger partial charge in [-0.2, -0.15) is 5.26 Å². The standard InChI is InChI=1S/C22H23N3O4/c1-28-22(27)17-6-2-3-7-19(17)29-20-10-15-13-25(12-14(15)9-18(20)26)21-8-4-5-16(11-23)24-21/h2-8,14-15,18,20,26H,9-10,12-13H2,1H3/t14-,15+,18+,20+/m0/s1. The number of esters is 1. The van der Waals surface area contributed by atoms with Crippen molar-refractivity contribution in [2.45, 2.75) is 25.0 Å². The number of ether oxygens (including phenoxy) is 2. The van der Waals surface area contributed by atoms with E-state index in [1.54, 1.807) is 30.3 Å². The molecular formula is C22H23N3O4. The van der Waals surface area contributed by atoms with Gasteiger partial charge in [0.15, 0.2) is 0 Å². The Morgan fingerprint density at radius 2 is 1.93 bits per heavy atom. The number of methoxy groups -OCH3 is 1. The van der Waals surface area contributed by atoms with E-state index in [9.17, 15) is 9.90 Å². The summed E-state index contributed by atoms with van der Waals surface area (Å²) in [6.45, 7) is 1.60. The summed E-state index contributed by atoms with van der Waals surface area (Å²) in [5.74, 6) is 1.45. The van der Waals surface area contributed by atoms with Crippen molar-refractivity contribution in [3.8, 4) is 11.8 Å². The smallest absolute Gasteiger partial charge is 0.341 e. The third-order valence-electron chi connectivity index (χ3n) is 5.83. The number of aliphatic hydroxyl groups excluding tert-OH is 1. The number of para-hydroxylation sites is 1. The van der Waals surface area contributed by atoms with Crippen LogP contribution in [0.25, 0.3) is 0 Å². The number of nitrogens with zero attached hydrogens (tertiary/aromatic N) is 3. The van der Waals surface area contributed by atoms with Crippen LogP contribution < -0.4 is 9.64 Å². The number of hydrogen-bond donors (Lipinski definition) is 1. The predicted octanol–water partition coefficient (Wildman–Crippen LogP) is 2.39. The first kappa shape index (κ1) is 19.2. The average molecular weight is 393 g/mol. The maximum absolute atomic E-state index is 12.0. The molecule has 2 aliphatic rings. The highest BCUT2D eigenvalue weighted by Gasteiger charge is 2.43. The van der Waals surface area contributed by atoms with E-state index < -0.39 is 12.1 Å². The van der Waals surface area contributed by atoms with Crippen molar-refractivity contribution in [3.05, 3.63) is 53.7 Å². The molecule has 2 fully saturated rings. The average Bonchev–Trinajstić information content (AvgIpc) is 3.16. The van der Waals surface area contributed by atoms with E-state index in [2.05, 4.69) is 16.0 Å². The zero-order valence-corrected chi connectivity index (χ0v) is 16.2. The summed E-state index contributed by atoms with van der Waals surface area (Å²) in [5.41, 5.74) is 0.757. The lowest BCUT2D eigenvalue weighted by atomic mass is 9.78. The quantitative estimate of drug-likeness (QED) is 0.797. The third-order valence-corrected chi connectivity index (χ3v) is 5.83. The number of benzene rings is 1. The summed E-state index contributed by atoms with van der Waals surface area (Å²) in [7, 11) is 1.33. The number of pyridine rings is 1. The fourth-order valence-corrected chi connectivity index (χ4v) is 4.38. The Labute approximate surface area is 169 Å². The van der Waals surface area contributed by atoms with E-state index in [4.69, 9.17) is 14.7 Å². The lowest BCUT2D eigenvalue weighted by Gasteiger charge is -2.35. The van der Waals surface area contributed by atoms with Crippen LogP contribution >= 0.6 is 0 Å². The van der Waals surface area contributed by atoms with Crippen LogP contribution in [0.3, 0.4) is 0 Å². The van der Waals surface area contributed by atoms with Crippen LogP contribution in [0.15, 0.2) is 42.5 Å². The number of anilines is 1. The Bertz CT molecular complexity index is 942. The minimum atomic E-state index is -0.611. The molecule has 4 rings (SSSR count). The van der Waals surface area contributed by atoms with E-state index >= 15 is 0 Å². The maximum atomic E-state index is 12.0. The highest BCUT2D eigenvalue weighted by atomic mass is 16.5. The maximum Gasteiger partial charge on any atom is 0.341 e. The molecule has 2 heterocycles. The molecule has 1 saturated heterocycles. The number of nitriles is 1. The van der Waals surface area contributed by atoms with Crippen molar-refractivity contribution in [1.29, 1.82) is 5.26 Å². The fourth-order valence-electron chi connectivity index (χ4n) is 4.38. The molecule has 0 bridgehead atoms. The summed E-state index contributed by atoms with van der Waals surface area (Å²) >= 11 is 0. The molecule has 1 aromatic carbocycles. The largest absolute Gasteiger partial charge is 0.487 e. The molecule has 7 nitrogen and oxygen atoms in total. The lowest BCUT2D eigenvalue weighted by Crippen LogP contribution is -2.42. The predicted molar refractivity (Wildman–Crippen MR) is 106 cm³/mol. The van der Waals surface area contributed by atoms with Crippen molar-refractivity contribution in [1.82, 2.24) is 4.98 Å². The highest BCUT2D eigenvalue weighted by Crippen LogP contribution is 2.39. The zero-order chi connectivity index (χ0) is 20.4. The molecule has 0 radical (unpaired) electrons. The summed E-state index contributed by atoms with van der Waals surface area (Å²) < 4.78 is 10.9. The number of aromatic nitrogens is 1. The van der Waals surface area contributed by atoms with Gasteiger partial charge in [-0.05, 0) is 48.9 Å². The summed E-state index contributed by atoms with van der Waals surface area (Å²) in [6.07, 6.45) is 0.320. The van der Waals surface area contributed by atoms with Gasteiger partial charge in [-0.15, -0.1) is 0 Å². The van der Waals surface area contributed by atoms with Crippen LogP contribution in [0.5, 0.6) is 5.75 Å². The van der Waals surface area contributed by atoms with Crippen LogP contribution in [0.2, 0.25) is 0 Å². The molecule has 7 heteroatoms. The zero-order valence-electron chi connectivity index (χ0n) is 16.2. The molecule has 1 N–H and O–H groups in total. The number of carbonyl (C=O) groups excluding carboxylic acids is 1. The van der Waals surface area contributed by atoms with E-state index in [1.807, 2.05) is 12.1 Å². The molecule has 150 valence electrons. The van der Waals surface area contributed by atoms with Gasteiger partial charge >= 0.3 is 5.97 Å². The summed E-state index contributed by atoms with van der Waals surface area (Å²) in [6, 6.07) is 14.5. The normalized spacial score (nSPS) is 25.8. The molecule has 0 unspecified atom stereocenters. The number of rotatable bonds is 4.